The molecule has 0 spiro atoms. The summed E-state index contributed by atoms with van der Waals surface area (Å²) in [4.78, 5) is 25.6. The van der Waals surface area contributed by atoms with Crippen LogP contribution in [0.5, 0.6) is 0 Å². The van der Waals surface area contributed by atoms with Crippen LogP contribution in [0.1, 0.15) is 10.4 Å². The quantitative estimate of drug-likeness (QED) is 0.915. The zero-order valence-electron chi connectivity index (χ0n) is 8.50. The highest BCUT2D eigenvalue weighted by Gasteiger charge is 2.11. The lowest BCUT2D eigenvalue weighted by atomic mass is 10.3. The van der Waals surface area contributed by atoms with E-state index in [1.165, 1.54) is 17.1 Å². The topological polar surface area (TPSA) is 72.2 Å². The number of aromatic nitrogens is 2. The highest BCUT2D eigenvalue weighted by atomic mass is 79.9. The van der Waals surface area contributed by atoms with Gasteiger partial charge in [0.25, 0.3) is 5.56 Å². The van der Waals surface area contributed by atoms with E-state index in [0.717, 1.165) is 4.47 Å². The van der Waals surface area contributed by atoms with E-state index in [-0.39, 0.29) is 5.56 Å². The number of nitrogens with zero attached hydrogens (tertiary/aromatic N) is 2. The summed E-state index contributed by atoms with van der Waals surface area (Å²) in [6.07, 6.45) is 2.53. The predicted octanol–water partition coefficient (Wildman–Crippen LogP) is 1.69. The molecule has 5 nitrogen and oxygen atoms in total. The van der Waals surface area contributed by atoms with Crippen LogP contribution in [-0.2, 0) is 0 Å². The van der Waals surface area contributed by atoms with E-state index in [9.17, 15) is 9.59 Å². The summed E-state index contributed by atoms with van der Waals surface area (Å²) in [6.45, 7) is 0. The first kappa shape index (κ1) is 11.5. The molecule has 1 heterocycles. The van der Waals surface area contributed by atoms with Crippen molar-refractivity contribution in [3.8, 4) is 5.69 Å². The van der Waals surface area contributed by atoms with E-state index >= 15 is 0 Å². The zero-order valence-corrected chi connectivity index (χ0v) is 10.1. The minimum absolute atomic E-state index is 0.358. The molecule has 0 radical (unpaired) electrons. The Hall–Kier alpha value is -1.95. The molecular formula is C11H7BrN2O3. The SMILES string of the molecule is O=C(O)c1cn(-c2ccccc2Br)cnc1=O. The third-order valence-electron chi connectivity index (χ3n) is 2.16. The van der Waals surface area contributed by atoms with Gasteiger partial charge in [0.15, 0.2) is 0 Å². The molecule has 0 bridgehead atoms. The summed E-state index contributed by atoms with van der Waals surface area (Å²) in [6, 6.07) is 7.23. The number of benzene rings is 1. The van der Waals surface area contributed by atoms with Crippen molar-refractivity contribution in [3.05, 3.63) is 57.2 Å². The van der Waals surface area contributed by atoms with Gasteiger partial charge in [0.05, 0.1) is 5.69 Å². The van der Waals surface area contributed by atoms with Gasteiger partial charge in [-0.05, 0) is 28.1 Å². The number of halogens is 1. The highest BCUT2D eigenvalue weighted by molar-refractivity contribution is 9.10. The van der Waals surface area contributed by atoms with Crippen molar-refractivity contribution in [2.24, 2.45) is 0 Å². The molecule has 0 aliphatic rings. The average molecular weight is 295 g/mol. The van der Waals surface area contributed by atoms with Gasteiger partial charge in [-0.2, -0.15) is 4.98 Å². The molecule has 0 atom stereocenters. The zero-order chi connectivity index (χ0) is 12.4. The van der Waals surface area contributed by atoms with Gasteiger partial charge in [-0.15, -0.1) is 0 Å². The van der Waals surface area contributed by atoms with Crippen molar-refractivity contribution in [2.45, 2.75) is 0 Å². The van der Waals surface area contributed by atoms with Gasteiger partial charge in [-0.25, -0.2) is 4.79 Å². The smallest absolute Gasteiger partial charge is 0.342 e. The van der Waals surface area contributed by atoms with Crippen LogP contribution in [0.2, 0.25) is 0 Å². The number of carboxylic acid groups (broad SMARTS) is 1. The molecule has 0 unspecified atom stereocenters. The van der Waals surface area contributed by atoms with Crippen LogP contribution < -0.4 is 5.56 Å². The molecule has 2 rings (SSSR count). The summed E-state index contributed by atoms with van der Waals surface area (Å²) in [5, 5.41) is 8.84. The van der Waals surface area contributed by atoms with Gasteiger partial charge < -0.3 is 9.67 Å². The maximum absolute atomic E-state index is 11.2. The van der Waals surface area contributed by atoms with Crippen molar-refractivity contribution in [2.75, 3.05) is 0 Å². The molecular weight excluding hydrogens is 288 g/mol. The first-order chi connectivity index (χ1) is 8.09. The van der Waals surface area contributed by atoms with Crippen molar-refractivity contribution in [3.63, 3.8) is 0 Å². The van der Waals surface area contributed by atoms with Crippen molar-refractivity contribution >= 4 is 21.9 Å². The second-order valence-electron chi connectivity index (χ2n) is 3.26. The van der Waals surface area contributed by atoms with Crippen LogP contribution >= 0.6 is 15.9 Å². The number of para-hydroxylation sites is 1. The standard InChI is InChI=1S/C11H7BrN2O3/c12-8-3-1-2-4-9(8)14-5-7(11(16)17)10(15)13-6-14/h1-6H,(H,16,17). The molecule has 0 fully saturated rings. The normalized spacial score (nSPS) is 10.2. The van der Waals surface area contributed by atoms with Gasteiger partial charge >= 0.3 is 5.97 Å². The molecule has 0 amide bonds. The Morgan fingerprint density at radius 3 is 2.71 bits per heavy atom. The number of carboxylic acids is 1. The Morgan fingerprint density at radius 1 is 1.35 bits per heavy atom. The summed E-state index contributed by atoms with van der Waals surface area (Å²) in [7, 11) is 0. The van der Waals surface area contributed by atoms with E-state index in [1.807, 2.05) is 12.1 Å². The second kappa shape index (κ2) is 4.50. The molecule has 0 aliphatic heterocycles. The van der Waals surface area contributed by atoms with Crippen LogP contribution in [0.4, 0.5) is 0 Å². The van der Waals surface area contributed by atoms with Crippen molar-refractivity contribution < 1.29 is 9.90 Å². The van der Waals surface area contributed by atoms with Crippen LogP contribution in [0.3, 0.4) is 0 Å². The first-order valence-electron chi connectivity index (χ1n) is 4.66. The summed E-state index contributed by atoms with van der Waals surface area (Å²) < 4.78 is 2.26. The van der Waals surface area contributed by atoms with E-state index in [0.29, 0.717) is 5.69 Å². The number of rotatable bonds is 2. The Kier molecular flexibility index (Phi) is 3.06. The van der Waals surface area contributed by atoms with Crippen molar-refractivity contribution in [1.29, 1.82) is 0 Å². The average Bonchev–Trinajstić information content (AvgIpc) is 2.30. The van der Waals surface area contributed by atoms with E-state index in [2.05, 4.69) is 20.9 Å². The lowest BCUT2D eigenvalue weighted by Crippen LogP contribution is -2.19. The minimum atomic E-state index is -1.29. The molecule has 0 aliphatic carbocycles. The summed E-state index contributed by atoms with van der Waals surface area (Å²) in [5.74, 6) is -1.29. The molecule has 1 aromatic carbocycles. The molecule has 6 heteroatoms. The maximum Gasteiger partial charge on any atom is 0.342 e. The monoisotopic (exact) mass is 294 g/mol. The number of hydrogen-bond donors (Lipinski definition) is 1. The maximum atomic E-state index is 11.2. The van der Waals surface area contributed by atoms with Crippen LogP contribution in [0.15, 0.2) is 46.1 Å². The lowest BCUT2D eigenvalue weighted by molar-refractivity contribution is 0.0694. The van der Waals surface area contributed by atoms with E-state index in [4.69, 9.17) is 5.11 Å². The summed E-state index contributed by atoms with van der Waals surface area (Å²) in [5.41, 5.74) is -0.397. The molecule has 1 aromatic heterocycles. The molecule has 17 heavy (non-hydrogen) atoms. The Labute approximate surface area is 104 Å². The van der Waals surface area contributed by atoms with Crippen molar-refractivity contribution in [1.82, 2.24) is 9.55 Å². The third kappa shape index (κ3) is 2.26. The number of carbonyl (C=O) groups is 1. The fourth-order valence-electron chi connectivity index (χ4n) is 1.35. The van der Waals surface area contributed by atoms with E-state index < -0.39 is 11.5 Å². The van der Waals surface area contributed by atoms with E-state index in [1.54, 1.807) is 12.1 Å². The summed E-state index contributed by atoms with van der Waals surface area (Å²) >= 11 is 3.34. The fourth-order valence-corrected chi connectivity index (χ4v) is 1.84. The van der Waals surface area contributed by atoms with Crippen LogP contribution in [0, 0.1) is 0 Å². The number of aromatic carboxylic acids is 1. The van der Waals surface area contributed by atoms with Gasteiger partial charge in [-0.1, -0.05) is 12.1 Å². The Morgan fingerprint density at radius 2 is 2.06 bits per heavy atom. The van der Waals surface area contributed by atoms with Gasteiger partial charge in [0, 0.05) is 10.7 Å². The Balaban J connectivity index is 2.62. The van der Waals surface area contributed by atoms with Gasteiger partial charge in [0.2, 0.25) is 0 Å². The third-order valence-corrected chi connectivity index (χ3v) is 2.83. The molecule has 86 valence electrons. The second-order valence-corrected chi connectivity index (χ2v) is 4.11. The fraction of sp³-hybridized carbons (Fsp3) is 0. The van der Waals surface area contributed by atoms with Crippen LogP contribution in [-0.4, -0.2) is 20.6 Å². The molecule has 2 aromatic rings. The Bertz CT molecular complexity index is 637. The largest absolute Gasteiger partial charge is 0.477 e. The highest BCUT2D eigenvalue weighted by Crippen LogP contribution is 2.19. The molecule has 0 saturated carbocycles. The first-order valence-corrected chi connectivity index (χ1v) is 5.45. The van der Waals surface area contributed by atoms with Gasteiger partial charge in [-0.3, -0.25) is 4.79 Å². The molecule has 0 saturated heterocycles. The van der Waals surface area contributed by atoms with Crippen LogP contribution in [0.25, 0.3) is 5.69 Å². The number of hydrogen-bond acceptors (Lipinski definition) is 3. The lowest BCUT2D eigenvalue weighted by Gasteiger charge is -2.08. The predicted molar refractivity (Wildman–Crippen MR) is 64.5 cm³/mol. The minimum Gasteiger partial charge on any atom is -0.477 e. The molecule has 1 N–H and O–H groups in total. The van der Waals surface area contributed by atoms with Gasteiger partial charge in [0.1, 0.15) is 11.9 Å².